The Balaban J connectivity index is 2.42. The predicted molar refractivity (Wildman–Crippen MR) is 239 cm³/mol. The number of hydrogen-bond acceptors (Lipinski definition) is 8. The van der Waals surface area contributed by atoms with Crippen molar-refractivity contribution in [3.05, 3.63) is 0 Å². The van der Waals surface area contributed by atoms with Crippen LogP contribution in [0.5, 0.6) is 0 Å². The number of ether oxygens (including phenoxy) is 3. The van der Waals surface area contributed by atoms with Crippen molar-refractivity contribution < 1.29 is 43.6 Å². The highest BCUT2D eigenvalue weighted by atomic mass is 16.7. The van der Waals surface area contributed by atoms with Gasteiger partial charge in [-0.3, -0.25) is 14.4 Å². The van der Waals surface area contributed by atoms with E-state index in [1.807, 2.05) is 0 Å². The van der Waals surface area contributed by atoms with E-state index in [2.05, 4.69) is 18.7 Å². The highest BCUT2D eigenvalue weighted by molar-refractivity contribution is 5.69. The van der Waals surface area contributed by atoms with Crippen LogP contribution >= 0.6 is 0 Å². The minimum absolute atomic E-state index is 0.146. The van der Waals surface area contributed by atoms with E-state index in [0.717, 1.165) is 122 Å². The van der Waals surface area contributed by atoms with Crippen LogP contribution in [0.25, 0.3) is 0 Å². The highest BCUT2D eigenvalue weighted by Gasteiger charge is 2.22. The molecule has 2 atom stereocenters. The number of carbonyl (C=O) groups excluding carboxylic acids is 2. The number of aliphatic carboxylic acids is 2. The molecule has 1 heterocycles. The predicted octanol–water partition coefficient (Wildman–Crippen LogP) is 13.5. The molecule has 1 saturated heterocycles. The van der Waals surface area contributed by atoms with E-state index >= 15 is 0 Å². The summed E-state index contributed by atoms with van der Waals surface area (Å²) in [6, 6.07) is 0. The molecule has 0 bridgehead atoms. The van der Waals surface area contributed by atoms with Crippen molar-refractivity contribution in [2.45, 2.75) is 245 Å². The van der Waals surface area contributed by atoms with Gasteiger partial charge in [0.25, 0.3) is 0 Å². The van der Waals surface area contributed by atoms with E-state index in [1.54, 1.807) is 0 Å². The third kappa shape index (κ3) is 36.0. The minimum atomic E-state index is -0.709. The molecule has 346 valence electrons. The van der Waals surface area contributed by atoms with Gasteiger partial charge in [-0.1, -0.05) is 162 Å². The fraction of sp³-hybridized carbons (Fsp3) is 0.918. The molecule has 0 aliphatic carbocycles. The SMILES string of the molecule is CCCCCCCCCCCCC(CCCOC(=O)CCCCC(CCCCCCCCC(=O)O)CCCCCCCCC(=O)O)OC(=O)OCC1CCCN(CC)C1. The Morgan fingerprint density at radius 2 is 1.02 bits per heavy atom. The number of carboxylic acid groups (broad SMARTS) is 2. The van der Waals surface area contributed by atoms with Crippen LogP contribution in [0.2, 0.25) is 0 Å². The van der Waals surface area contributed by atoms with Gasteiger partial charge in [-0.25, -0.2) is 4.79 Å². The van der Waals surface area contributed by atoms with E-state index in [9.17, 15) is 19.2 Å². The normalized spacial score (nSPS) is 15.0. The first-order chi connectivity index (χ1) is 28.7. The first kappa shape index (κ1) is 54.7. The summed E-state index contributed by atoms with van der Waals surface area (Å²) >= 11 is 0. The molecular weight excluding hydrogens is 747 g/mol. The van der Waals surface area contributed by atoms with Gasteiger partial charge >= 0.3 is 24.1 Å². The first-order valence-corrected chi connectivity index (χ1v) is 24.9. The summed E-state index contributed by atoms with van der Waals surface area (Å²) in [5.74, 6) is -0.552. The zero-order valence-corrected chi connectivity index (χ0v) is 38.2. The molecule has 0 saturated carbocycles. The number of nitrogens with zero attached hydrogens (tertiary/aromatic N) is 1. The van der Waals surface area contributed by atoms with Gasteiger partial charge in [-0.05, 0) is 76.8 Å². The third-order valence-corrected chi connectivity index (χ3v) is 12.3. The Labute approximate surface area is 361 Å². The largest absolute Gasteiger partial charge is 0.508 e. The average molecular weight is 838 g/mol. The monoisotopic (exact) mass is 838 g/mol. The van der Waals surface area contributed by atoms with Crippen LogP contribution in [-0.2, 0) is 28.6 Å². The molecule has 0 spiro atoms. The summed E-state index contributed by atoms with van der Waals surface area (Å²) in [4.78, 5) is 49.4. The van der Waals surface area contributed by atoms with Crippen LogP contribution in [0.4, 0.5) is 4.79 Å². The second-order valence-corrected chi connectivity index (χ2v) is 17.8. The smallest absolute Gasteiger partial charge is 0.481 e. The lowest BCUT2D eigenvalue weighted by Crippen LogP contribution is -2.37. The topological polar surface area (TPSA) is 140 Å². The number of esters is 1. The van der Waals surface area contributed by atoms with Crippen molar-refractivity contribution in [3.8, 4) is 0 Å². The van der Waals surface area contributed by atoms with Gasteiger partial charge in [0.2, 0.25) is 0 Å². The summed E-state index contributed by atoms with van der Waals surface area (Å²) in [6.45, 7) is 8.30. The standard InChI is InChI=1S/C49H91NO9/c1-3-5-6-7-8-9-10-11-18-23-34-45(59-49(56)58-42-44-33-28-39-50(4-2)41-44)35-29-40-57-48(55)38-27-26-32-43(30-21-16-12-14-19-24-36-46(51)52)31-22-17-13-15-20-25-37-47(53)54/h43-45H,3-42H2,1-2H3,(H,51,52)(H,53,54). The Morgan fingerprint density at radius 1 is 0.559 bits per heavy atom. The maximum atomic E-state index is 12.8. The molecule has 1 rings (SSSR count). The van der Waals surface area contributed by atoms with E-state index in [4.69, 9.17) is 24.4 Å². The number of rotatable bonds is 42. The number of hydrogen-bond donors (Lipinski definition) is 2. The molecule has 1 aliphatic rings. The lowest BCUT2D eigenvalue weighted by molar-refractivity contribution is -0.144. The second-order valence-electron chi connectivity index (χ2n) is 17.8. The zero-order valence-electron chi connectivity index (χ0n) is 38.2. The Hall–Kier alpha value is -2.36. The quantitative estimate of drug-likeness (QED) is 0.0451. The number of carbonyl (C=O) groups is 4. The first-order valence-electron chi connectivity index (χ1n) is 24.9. The van der Waals surface area contributed by atoms with E-state index in [0.29, 0.717) is 44.3 Å². The van der Waals surface area contributed by atoms with Gasteiger partial charge in [0.05, 0.1) is 13.2 Å². The van der Waals surface area contributed by atoms with Crippen LogP contribution in [0.15, 0.2) is 0 Å². The summed E-state index contributed by atoms with van der Waals surface area (Å²) in [7, 11) is 0. The number of likely N-dealkylation sites (tertiary alicyclic amines) is 1. The fourth-order valence-corrected chi connectivity index (χ4v) is 8.59. The van der Waals surface area contributed by atoms with Gasteiger partial charge in [-0.15, -0.1) is 0 Å². The molecule has 10 nitrogen and oxygen atoms in total. The van der Waals surface area contributed by atoms with Crippen molar-refractivity contribution >= 4 is 24.1 Å². The van der Waals surface area contributed by atoms with E-state index in [-0.39, 0.29) is 24.9 Å². The van der Waals surface area contributed by atoms with E-state index in [1.165, 1.54) is 89.9 Å². The average Bonchev–Trinajstić information content (AvgIpc) is 3.22. The van der Waals surface area contributed by atoms with E-state index < -0.39 is 18.1 Å². The van der Waals surface area contributed by atoms with Gasteiger partial charge in [0.1, 0.15) is 6.10 Å². The number of carboxylic acids is 2. The second kappa shape index (κ2) is 39.8. The molecule has 59 heavy (non-hydrogen) atoms. The zero-order chi connectivity index (χ0) is 43.0. The van der Waals surface area contributed by atoms with Gasteiger partial charge in [0, 0.05) is 31.7 Å². The molecular formula is C49H91NO9. The van der Waals surface area contributed by atoms with Crippen molar-refractivity contribution in [3.63, 3.8) is 0 Å². The Kier molecular flexibility index (Phi) is 36.8. The maximum absolute atomic E-state index is 12.8. The number of piperidine rings is 1. The highest BCUT2D eigenvalue weighted by Crippen LogP contribution is 2.25. The molecule has 2 N–H and O–H groups in total. The molecule has 10 heteroatoms. The Bertz CT molecular complexity index is 993. The molecule has 0 aromatic carbocycles. The van der Waals surface area contributed by atoms with Gasteiger partial charge in [-0.2, -0.15) is 0 Å². The van der Waals surface area contributed by atoms with Crippen molar-refractivity contribution in [2.24, 2.45) is 11.8 Å². The molecule has 0 aromatic heterocycles. The maximum Gasteiger partial charge on any atom is 0.508 e. The number of unbranched alkanes of at least 4 members (excludes halogenated alkanes) is 20. The third-order valence-electron chi connectivity index (χ3n) is 12.3. The molecule has 0 radical (unpaired) electrons. The molecule has 2 unspecified atom stereocenters. The van der Waals surface area contributed by atoms with Crippen molar-refractivity contribution in [1.29, 1.82) is 0 Å². The molecule has 0 aromatic rings. The lowest BCUT2D eigenvalue weighted by atomic mass is 9.89. The van der Waals surface area contributed by atoms with Crippen molar-refractivity contribution in [1.82, 2.24) is 4.90 Å². The minimum Gasteiger partial charge on any atom is -0.481 e. The van der Waals surface area contributed by atoms with Crippen LogP contribution in [0, 0.1) is 11.8 Å². The van der Waals surface area contributed by atoms with Gasteiger partial charge < -0.3 is 29.3 Å². The summed E-state index contributed by atoms with van der Waals surface area (Å²) in [5.41, 5.74) is 0. The summed E-state index contributed by atoms with van der Waals surface area (Å²) < 4.78 is 17.1. The fourth-order valence-electron chi connectivity index (χ4n) is 8.59. The van der Waals surface area contributed by atoms with Crippen LogP contribution in [-0.4, -0.2) is 78.1 Å². The molecule has 1 aliphatic heterocycles. The van der Waals surface area contributed by atoms with Crippen LogP contribution in [0.3, 0.4) is 0 Å². The molecule has 1 fully saturated rings. The summed E-state index contributed by atoms with van der Waals surface area (Å²) in [6.07, 6.45) is 35.3. The summed E-state index contributed by atoms with van der Waals surface area (Å²) in [5, 5.41) is 17.7. The Morgan fingerprint density at radius 3 is 1.54 bits per heavy atom. The van der Waals surface area contributed by atoms with Crippen LogP contribution < -0.4 is 0 Å². The van der Waals surface area contributed by atoms with Crippen molar-refractivity contribution in [2.75, 3.05) is 32.8 Å². The van der Waals surface area contributed by atoms with Gasteiger partial charge in [0.15, 0.2) is 0 Å². The van der Waals surface area contributed by atoms with Crippen LogP contribution in [0.1, 0.15) is 239 Å². The lowest BCUT2D eigenvalue weighted by Gasteiger charge is -2.31. The molecule has 0 amide bonds.